The molecule has 2 fully saturated rings. The van der Waals surface area contributed by atoms with Gasteiger partial charge in [0, 0.05) is 45.3 Å². The van der Waals surface area contributed by atoms with E-state index >= 15 is 0 Å². The first-order chi connectivity index (χ1) is 10.2. The Balaban J connectivity index is 0.00000176. The molecular weight excluding hydrogens is 328 g/mol. The molecule has 1 atom stereocenters. The highest BCUT2D eigenvalue weighted by Gasteiger charge is 2.32. The molecule has 1 unspecified atom stereocenters. The van der Waals surface area contributed by atoms with Crippen LogP contribution in [0.1, 0.15) is 16.8 Å². The van der Waals surface area contributed by atoms with Crippen LogP contribution in [0, 0.1) is 5.82 Å². The number of carbonyl (C=O) groups is 1. The second-order valence-electron chi connectivity index (χ2n) is 5.58. The maximum absolute atomic E-state index is 13.9. The van der Waals surface area contributed by atoms with Gasteiger partial charge in [-0.2, -0.15) is 0 Å². The normalized spacial score (nSPS) is 22.5. The molecule has 122 valence electrons. The highest BCUT2D eigenvalue weighted by Crippen LogP contribution is 2.24. The van der Waals surface area contributed by atoms with Gasteiger partial charge in [-0.1, -0.05) is 17.7 Å². The fourth-order valence-electron chi connectivity index (χ4n) is 3.13. The molecule has 22 heavy (non-hydrogen) atoms. The van der Waals surface area contributed by atoms with Gasteiger partial charge >= 0.3 is 0 Å². The Labute approximate surface area is 141 Å². The second-order valence-corrected chi connectivity index (χ2v) is 5.98. The number of rotatable bonds is 2. The molecule has 3 rings (SSSR count). The minimum atomic E-state index is -0.543. The van der Waals surface area contributed by atoms with Crippen molar-refractivity contribution in [1.29, 1.82) is 0 Å². The van der Waals surface area contributed by atoms with Crippen LogP contribution in [0.3, 0.4) is 0 Å². The van der Waals surface area contributed by atoms with Crippen LogP contribution in [0.2, 0.25) is 5.02 Å². The number of likely N-dealkylation sites (tertiary alicyclic amines) is 1. The van der Waals surface area contributed by atoms with E-state index in [1.807, 2.05) is 0 Å². The summed E-state index contributed by atoms with van der Waals surface area (Å²) in [5, 5.41) is 3.51. The van der Waals surface area contributed by atoms with E-state index < -0.39 is 5.82 Å². The molecule has 1 amide bonds. The van der Waals surface area contributed by atoms with Crippen molar-refractivity contribution in [3.63, 3.8) is 0 Å². The van der Waals surface area contributed by atoms with Crippen molar-refractivity contribution in [3.05, 3.63) is 34.6 Å². The van der Waals surface area contributed by atoms with E-state index in [1.165, 1.54) is 12.1 Å². The zero-order valence-electron chi connectivity index (χ0n) is 12.2. The minimum Gasteiger partial charge on any atom is -0.337 e. The molecule has 0 bridgehead atoms. The van der Waals surface area contributed by atoms with Gasteiger partial charge in [-0.25, -0.2) is 4.39 Å². The summed E-state index contributed by atoms with van der Waals surface area (Å²) in [7, 11) is 0. The molecule has 4 nitrogen and oxygen atoms in total. The SMILES string of the molecule is Cl.O=C(c1c(F)cccc1Cl)N1CCC(N2CCNCC2)C1. The lowest BCUT2D eigenvalue weighted by molar-refractivity contribution is 0.0769. The van der Waals surface area contributed by atoms with Crippen LogP contribution in [0.4, 0.5) is 4.39 Å². The third kappa shape index (κ3) is 3.54. The zero-order chi connectivity index (χ0) is 14.8. The molecule has 0 spiro atoms. The number of nitrogens with zero attached hydrogens (tertiary/aromatic N) is 2. The van der Waals surface area contributed by atoms with Gasteiger partial charge in [0.1, 0.15) is 5.82 Å². The largest absolute Gasteiger partial charge is 0.337 e. The Morgan fingerprint density at radius 3 is 2.68 bits per heavy atom. The monoisotopic (exact) mass is 347 g/mol. The predicted molar refractivity (Wildman–Crippen MR) is 87.4 cm³/mol. The highest BCUT2D eigenvalue weighted by atomic mass is 35.5. The number of carbonyl (C=O) groups excluding carboxylic acids is 1. The van der Waals surface area contributed by atoms with Gasteiger partial charge < -0.3 is 10.2 Å². The van der Waals surface area contributed by atoms with E-state index in [2.05, 4.69) is 10.2 Å². The summed E-state index contributed by atoms with van der Waals surface area (Å²) in [6, 6.07) is 4.73. The Morgan fingerprint density at radius 1 is 1.27 bits per heavy atom. The van der Waals surface area contributed by atoms with Gasteiger partial charge in [0.15, 0.2) is 0 Å². The van der Waals surface area contributed by atoms with Crippen LogP contribution in [-0.4, -0.2) is 61.0 Å². The molecule has 0 aliphatic carbocycles. The van der Waals surface area contributed by atoms with Crippen LogP contribution in [0.15, 0.2) is 18.2 Å². The van der Waals surface area contributed by atoms with Gasteiger partial charge in [0.2, 0.25) is 0 Å². The van der Waals surface area contributed by atoms with Gasteiger partial charge in [-0.3, -0.25) is 9.69 Å². The fraction of sp³-hybridized carbons (Fsp3) is 0.533. The second kappa shape index (κ2) is 7.59. The van der Waals surface area contributed by atoms with E-state index in [9.17, 15) is 9.18 Å². The Morgan fingerprint density at radius 2 is 2.00 bits per heavy atom. The van der Waals surface area contributed by atoms with Crippen molar-refractivity contribution >= 4 is 29.9 Å². The Bertz CT molecular complexity index is 517. The summed E-state index contributed by atoms with van der Waals surface area (Å²) in [4.78, 5) is 16.6. The molecule has 2 heterocycles. The predicted octanol–water partition coefficient (Wildman–Crippen LogP) is 2.02. The summed E-state index contributed by atoms with van der Waals surface area (Å²) < 4.78 is 13.9. The fourth-order valence-corrected chi connectivity index (χ4v) is 3.38. The lowest BCUT2D eigenvalue weighted by atomic mass is 10.2. The summed E-state index contributed by atoms with van der Waals surface area (Å²) in [5.74, 6) is -0.839. The molecule has 0 aromatic heterocycles. The Hall–Kier alpha value is -0.880. The summed E-state index contributed by atoms with van der Waals surface area (Å²) in [5.41, 5.74) is 0.000118. The number of benzene rings is 1. The molecule has 7 heteroatoms. The Kier molecular flexibility index (Phi) is 6.03. The molecule has 1 N–H and O–H groups in total. The number of hydrogen-bond acceptors (Lipinski definition) is 3. The van der Waals surface area contributed by atoms with Crippen molar-refractivity contribution in [3.8, 4) is 0 Å². The van der Waals surface area contributed by atoms with Crippen molar-refractivity contribution in [2.45, 2.75) is 12.5 Å². The molecule has 2 aliphatic rings. The summed E-state index contributed by atoms with van der Waals surface area (Å²) in [6.45, 7) is 5.31. The number of nitrogens with one attached hydrogen (secondary N) is 1. The van der Waals surface area contributed by atoms with Crippen molar-refractivity contribution in [2.75, 3.05) is 39.3 Å². The molecule has 2 saturated heterocycles. The molecule has 1 aromatic rings. The average molecular weight is 348 g/mol. The van der Waals surface area contributed by atoms with Gasteiger partial charge in [-0.15, -0.1) is 12.4 Å². The van der Waals surface area contributed by atoms with E-state index in [0.29, 0.717) is 19.1 Å². The van der Waals surface area contributed by atoms with E-state index in [0.717, 1.165) is 32.6 Å². The van der Waals surface area contributed by atoms with Crippen LogP contribution < -0.4 is 5.32 Å². The first-order valence-electron chi connectivity index (χ1n) is 7.35. The van der Waals surface area contributed by atoms with Crippen molar-refractivity contribution in [2.24, 2.45) is 0 Å². The number of halogens is 3. The molecular formula is C15H20Cl2FN3O. The standard InChI is InChI=1S/C15H19ClFN3O.ClH/c16-12-2-1-3-13(17)14(12)15(21)20-7-4-11(10-20)19-8-5-18-6-9-19;/h1-3,11,18H,4-10H2;1H. The molecule has 1 aromatic carbocycles. The van der Waals surface area contributed by atoms with E-state index in [1.54, 1.807) is 11.0 Å². The number of piperazine rings is 1. The van der Waals surface area contributed by atoms with Crippen LogP contribution in [-0.2, 0) is 0 Å². The third-order valence-corrected chi connectivity index (χ3v) is 4.61. The maximum Gasteiger partial charge on any atom is 0.258 e. The topological polar surface area (TPSA) is 35.6 Å². The van der Waals surface area contributed by atoms with Crippen LogP contribution in [0.5, 0.6) is 0 Å². The average Bonchev–Trinajstić information content (AvgIpc) is 2.97. The number of amides is 1. The number of hydrogen-bond donors (Lipinski definition) is 1. The third-order valence-electron chi connectivity index (χ3n) is 4.30. The molecule has 0 saturated carbocycles. The summed E-state index contributed by atoms with van der Waals surface area (Å²) >= 11 is 5.98. The van der Waals surface area contributed by atoms with Gasteiger partial charge in [0.25, 0.3) is 5.91 Å². The van der Waals surface area contributed by atoms with E-state index in [-0.39, 0.29) is 28.9 Å². The van der Waals surface area contributed by atoms with Crippen LogP contribution >= 0.6 is 24.0 Å². The van der Waals surface area contributed by atoms with Gasteiger partial charge in [0.05, 0.1) is 10.6 Å². The van der Waals surface area contributed by atoms with Crippen LogP contribution in [0.25, 0.3) is 0 Å². The quantitative estimate of drug-likeness (QED) is 0.888. The first-order valence-corrected chi connectivity index (χ1v) is 7.72. The van der Waals surface area contributed by atoms with Crippen molar-refractivity contribution < 1.29 is 9.18 Å². The zero-order valence-corrected chi connectivity index (χ0v) is 13.8. The molecule has 0 radical (unpaired) electrons. The van der Waals surface area contributed by atoms with Crippen molar-refractivity contribution in [1.82, 2.24) is 15.1 Å². The first kappa shape index (κ1) is 17.5. The smallest absolute Gasteiger partial charge is 0.258 e. The lowest BCUT2D eigenvalue weighted by Crippen LogP contribution is -2.49. The highest BCUT2D eigenvalue weighted by molar-refractivity contribution is 6.33. The summed E-state index contributed by atoms with van der Waals surface area (Å²) in [6.07, 6.45) is 0.942. The molecule has 2 aliphatic heterocycles. The lowest BCUT2D eigenvalue weighted by Gasteiger charge is -2.32. The maximum atomic E-state index is 13.9. The minimum absolute atomic E-state index is 0. The van der Waals surface area contributed by atoms with Gasteiger partial charge in [-0.05, 0) is 18.6 Å². The van der Waals surface area contributed by atoms with E-state index in [4.69, 9.17) is 11.6 Å².